The van der Waals surface area contributed by atoms with Crippen LogP contribution in [0.25, 0.3) is 0 Å². The van der Waals surface area contributed by atoms with Crippen molar-refractivity contribution in [3.63, 3.8) is 0 Å². The topological polar surface area (TPSA) is 43.4 Å². The van der Waals surface area contributed by atoms with Crippen LogP contribution in [0.15, 0.2) is 35.5 Å². The number of allylic oxidation sites excluding steroid dienone is 4. The molecule has 0 N–H and O–H groups in total. The molecular weight excluding hydrogens is 192 g/mol. The van der Waals surface area contributed by atoms with Gasteiger partial charge in [-0.25, -0.2) is 9.59 Å². The van der Waals surface area contributed by atoms with E-state index in [1.807, 2.05) is 6.08 Å². The van der Waals surface area contributed by atoms with Crippen LogP contribution in [-0.2, 0) is 14.3 Å². The van der Waals surface area contributed by atoms with Gasteiger partial charge in [0.2, 0.25) is 0 Å². The molecule has 1 fully saturated rings. The van der Waals surface area contributed by atoms with E-state index in [1.165, 1.54) is 6.42 Å². The van der Waals surface area contributed by atoms with Gasteiger partial charge in [-0.2, -0.15) is 0 Å². The lowest BCUT2D eigenvalue weighted by molar-refractivity contribution is -0.149. The Morgan fingerprint density at radius 3 is 2.47 bits per heavy atom. The highest BCUT2D eigenvalue weighted by Gasteiger charge is 2.32. The van der Waals surface area contributed by atoms with Crippen LogP contribution in [0.2, 0.25) is 0 Å². The van der Waals surface area contributed by atoms with E-state index >= 15 is 0 Å². The molecule has 0 aromatic heterocycles. The van der Waals surface area contributed by atoms with Crippen molar-refractivity contribution in [1.29, 1.82) is 0 Å². The summed E-state index contributed by atoms with van der Waals surface area (Å²) >= 11 is 0. The Balaban J connectivity index is 0.000000337. The van der Waals surface area contributed by atoms with E-state index in [4.69, 9.17) is 0 Å². The Kier molecular flexibility index (Phi) is 4.03. The van der Waals surface area contributed by atoms with E-state index in [9.17, 15) is 9.59 Å². The Hall–Kier alpha value is -1.64. The predicted molar refractivity (Wildman–Crippen MR) is 57.0 cm³/mol. The number of rotatable bonds is 0. The number of ether oxygens (including phenoxy) is 1. The molecule has 0 aromatic carbocycles. The highest BCUT2D eigenvalue weighted by Crippen LogP contribution is 2.24. The van der Waals surface area contributed by atoms with Crippen LogP contribution in [0.4, 0.5) is 0 Å². The largest absolute Gasteiger partial charge is 0.386 e. The molecule has 1 aliphatic carbocycles. The zero-order chi connectivity index (χ0) is 11.3. The van der Waals surface area contributed by atoms with Gasteiger partial charge in [0.05, 0.1) is 11.1 Å². The van der Waals surface area contributed by atoms with Crippen molar-refractivity contribution in [2.75, 3.05) is 0 Å². The lowest BCUT2D eigenvalue weighted by Crippen LogP contribution is -1.97. The van der Waals surface area contributed by atoms with Crippen LogP contribution in [-0.4, -0.2) is 11.9 Å². The van der Waals surface area contributed by atoms with Crippen molar-refractivity contribution in [3.05, 3.63) is 35.5 Å². The van der Waals surface area contributed by atoms with Gasteiger partial charge in [-0.15, -0.1) is 0 Å². The molecule has 0 aromatic rings. The van der Waals surface area contributed by atoms with Crippen LogP contribution in [0.5, 0.6) is 0 Å². The number of fused-ring (bicyclic) bond motifs is 1. The number of cyclic esters (lactones) is 2. The molecule has 1 heterocycles. The van der Waals surface area contributed by atoms with Gasteiger partial charge in [0.25, 0.3) is 0 Å². The molecule has 0 atom stereocenters. The molecule has 0 saturated carbocycles. The van der Waals surface area contributed by atoms with Gasteiger partial charge in [-0.1, -0.05) is 38.5 Å². The van der Waals surface area contributed by atoms with Crippen LogP contribution in [0, 0.1) is 0 Å². The molecule has 2 aliphatic rings. The Morgan fingerprint density at radius 2 is 1.80 bits per heavy atom. The van der Waals surface area contributed by atoms with Crippen LogP contribution in [0.3, 0.4) is 0 Å². The maximum absolute atomic E-state index is 11.0. The van der Waals surface area contributed by atoms with Crippen molar-refractivity contribution < 1.29 is 14.3 Å². The number of hydrogen-bond acceptors (Lipinski definition) is 3. The van der Waals surface area contributed by atoms with Gasteiger partial charge in [0, 0.05) is 0 Å². The van der Waals surface area contributed by atoms with Crippen LogP contribution >= 0.6 is 0 Å². The minimum absolute atomic E-state index is 0.369. The molecule has 0 amide bonds. The Morgan fingerprint density at radius 1 is 1.20 bits per heavy atom. The summed E-state index contributed by atoms with van der Waals surface area (Å²) in [5.41, 5.74) is 0.763. The van der Waals surface area contributed by atoms with Gasteiger partial charge < -0.3 is 4.74 Å². The number of carbonyl (C=O) groups is 2. The van der Waals surface area contributed by atoms with Crippen molar-refractivity contribution >= 4 is 11.9 Å². The smallest absolute Gasteiger partial charge is 0.346 e. The van der Waals surface area contributed by atoms with E-state index in [0.717, 1.165) is 0 Å². The highest BCUT2D eigenvalue weighted by atomic mass is 16.6. The fraction of sp³-hybridized carbons (Fsp3) is 0.333. The standard InChI is InChI=1S/C9H6O3.C3H8/c10-8-6-4-2-1-3-5-7(6)9(11)12-8;1-3-2/h1-2,4-5H,3H2;3H2,1-2H3. The zero-order valence-corrected chi connectivity index (χ0v) is 8.95. The third kappa shape index (κ3) is 2.65. The summed E-state index contributed by atoms with van der Waals surface area (Å²) in [6.45, 7) is 4.25. The molecule has 80 valence electrons. The quantitative estimate of drug-likeness (QED) is 0.451. The maximum atomic E-state index is 11.0. The highest BCUT2D eigenvalue weighted by molar-refractivity contribution is 6.18. The lowest BCUT2D eigenvalue weighted by Gasteiger charge is -1.86. The average molecular weight is 206 g/mol. The molecule has 2 rings (SSSR count). The number of esters is 2. The fourth-order valence-electron chi connectivity index (χ4n) is 1.19. The van der Waals surface area contributed by atoms with E-state index < -0.39 is 11.9 Å². The maximum Gasteiger partial charge on any atom is 0.346 e. The van der Waals surface area contributed by atoms with Gasteiger partial charge >= 0.3 is 11.9 Å². The SMILES string of the molecule is CCC.O=C1OC(=O)C2=CCC=CC=C12. The fourth-order valence-corrected chi connectivity index (χ4v) is 1.19. The molecular formula is C12H14O3. The first kappa shape index (κ1) is 11.4. The third-order valence-corrected chi connectivity index (χ3v) is 1.77. The molecule has 1 saturated heterocycles. The van der Waals surface area contributed by atoms with Crippen molar-refractivity contribution in [1.82, 2.24) is 0 Å². The Labute approximate surface area is 89.1 Å². The molecule has 0 unspecified atom stereocenters. The first-order chi connectivity index (χ1) is 7.20. The summed E-state index contributed by atoms with van der Waals surface area (Å²) in [6, 6.07) is 0. The predicted octanol–water partition coefficient (Wildman–Crippen LogP) is 2.30. The van der Waals surface area contributed by atoms with E-state index in [0.29, 0.717) is 17.6 Å². The third-order valence-electron chi connectivity index (χ3n) is 1.77. The monoisotopic (exact) mass is 206 g/mol. The summed E-state index contributed by atoms with van der Waals surface area (Å²) < 4.78 is 4.42. The van der Waals surface area contributed by atoms with Crippen molar-refractivity contribution in [2.24, 2.45) is 0 Å². The number of carbonyl (C=O) groups excluding carboxylic acids is 2. The molecule has 3 heteroatoms. The molecule has 3 nitrogen and oxygen atoms in total. The summed E-state index contributed by atoms with van der Waals surface area (Å²) in [7, 11) is 0. The summed E-state index contributed by atoms with van der Waals surface area (Å²) in [6.07, 6.45) is 8.84. The average Bonchev–Trinajstić information content (AvgIpc) is 2.43. The molecule has 0 spiro atoms. The van der Waals surface area contributed by atoms with Crippen LogP contribution in [0.1, 0.15) is 26.7 Å². The minimum Gasteiger partial charge on any atom is -0.386 e. The number of hydrogen-bond donors (Lipinski definition) is 0. The molecule has 15 heavy (non-hydrogen) atoms. The van der Waals surface area contributed by atoms with Gasteiger partial charge in [0.15, 0.2) is 0 Å². The first-order valence-electron chi connectivity index (χ1n) is 5.04. The lowest BCUT2D eigenvalue weighted by atomic mass is 10.1. The normalized spacial score (nSPS) is 18.0. The molecule has 1 aliphatic heterocycles. The minimum atomic E-state index is -0.544. The van der Waals surface area contributed by atoms with Gasteiger partial charge in [-0.05, 0) is 12.5 Å². The second kappa shape index (κ2) is 5.29. The summed E-state index contributed by atoms with van der Waals surface area (Å²) in [5.74, 6) is -1.08. The first-order valence-corrected chi connectivity index (χ1v) is 5.04. The van der Waals surface area contributed by atoms with Crippen molar-refractivity contribution in [2.45, 2.75) is 26.7 Å². The second-order valence-electron chi connectivity index (χ2n) is 3.25. The molecule has 0 radical (unpaired) electrons. The van der Waals surface area contributed by atoms with E-state index in [-0.39, 0.29) is 0 Å². The van der Waals surface area contributed by atoms with Gasteiger partial charge in [-0.3, -0.25) is 0 Å². The van der Waals surface area contributed by atoms with E-state index in [2.05, 4.69) is 18.6 Å². The van der Waals surface area contributed by atoms with Crippen molar-refractivity contribution in [3.8, 4) is 0 Å². The summed E-state index contributed by atoms with van der Waals surface area (Å²) in [5, 5.41) is 0. The Bertz CT molecular complexity index is 359. The second-order valence-corrected chi connectivity index (χ2v) is 3.25. The summed E-state index contributed by atoms with van der Waals surface area (Å²) in [4.78, 5) is 22.0. The van der Waals surface area contributed by atoms with E-state index in [1.54, 1.807) is 18.2 Å². The molecule has 0 bridgehead atoms. The zero-order valence-electron chi connectivity index (χ0n) is 8.95. The van der Waals surface area contributed by atoms with Crippen LogP contribution < -0.4 is 0 Å². The van der Waals surface area contributed by atoms with Gasteiger partial charge in [0.1, 0.15) is 0 Å².